The predicted octanol–water partition coefficient (Wildman–Crippen LogP) is 1.84. The summed E-state index contributed by atoms with van der Waals surface area (Å²) in [6.45, 7) is 0.802. The predicted molar refractivity (Wildman–Crippen MR) is 77.5 cm³/mol. The van der Waals surface area contributed by atoms with Crippen LogP contribution in [0.25, 0.3) is 0 Å². The number of nitrogens with zero attached hydrogens (tertiary/aromatic N) is 1. The highest BCUT2D eigenvalue weighted by Gasteiger charge is 2.13. The molecule has 7 heteroatoms. The molecule has 20 heavy (non-hydrogen) atoms. The molecule has 0 fully saturated rings. The zero-order chi connectivity index (χ0) is 15.0. The Hall–Kier alpha value is -1.01. The van der Waals surface area contributed by atoms with Gasteiger partial charge in [0.15, 0.2) is 6.61 Å². The number of carbonyl (C=O) groups is 1. The topological polar surface area (TPSA) is 59.0 Å². The third kappa shape index (κ3) is 5.54. The number of benzene rings is 1. The Labute approximate surface area is 128 Å². The van der Waals surface area contributed by atoms with Crippen LogP contribution in [0.2, 0.25) is 10.0 Å². The van der Waals surface area contributed by atoms with Crippen LogP contribution in [0.3, 0.4) is 0 Å². The van der Waals surface area contributed by atoms with Gasteiger partial charge in [0, 0.05) is 26.3 Å². The third-order valence-electron chi connectivity index (χ3n) is 2.54. The molecule has 0 aliphatic rings. The maximum atomic E-state index is 11.9. The molecule has 112 valence electrons. The van der Waals surface area contributed by atoms with E-state index >= 15 is 0 Å². The quantitative estimate of drug-likeness (QED) is 0.793. The molecular formula is C13H17Cl2NO4. The minimum atomic E-state index is -0.234. The molecule has 0 unspecified atom stereocenters. The number of aliphatic hydroxyl groups is 1. The summed E-state index contributed by atoms with van der Waals surface area (Å²) in [5.41, 5.74) is 0. The normalized spacial score (nSPS) is 10.4. The second kappa shape index (κ2) is 9.02. The van der Waals surface area contributed by atoms with Gasteiger partial charge in [-0.25, -0.2) is 0 Å². The SMILES string of the molecule is COCCN(CCO)C(=O)COc1ccc(Cl)c(Cl)c1. The van der Waals surface area contributed by atoms with Crippen molar-refractivity contribution in [2.75, 3.05) is 40.0 Å². The average Bonchev–Trinajstić information content (AvgIpc) is 2.44. The van der Waals surface area contributed by atoms with E-state index in [0.29, 0.717) is 28.9 Å². The largest absolute Gasteiger partial charge is 0.484 e. The van der Waals surface area contributed by atoms with E-state index in [4.69, 9.17) is 37.8 Å². The van der Waals surface area contributed by atoms with Gasteiger partial charge in [0.1, 0.15) is 5.75 Å². The van der Waals surface area contributed by atoms with Gasteiger partial charge in [-0.3, -0.25) is 4.79 Å². The fraction of sp³-hybridized carbons (Fsp3) is 0.462. The molecule has 5 nitrogen and oxygen atoms in total. The molecule has 0 aliphatic heterocycles. The van der Waals surface area contributed by atoms with E-state index in [9.17, 15) is 4.79 Å². The lowest BCUT2D eigenvalue weighted by atomic mass is 10.3. The van der Waals surface area contributed by atoms with Gasteiger partial charge < -0.3 is 19.5 Å². The molecule has 0 saturated carbocycles. The molecule has 0 atom stereocenters. The average molecular weight is 322 g/mol. The molecule has 0 bridgehead atoms. The molecule has 0 radical (unpaired) electrons. The number of aliphatic hydroxyl groups excluding tert-OH is 1. The van der Waals surface area contributed by atoms with Crippen molar-refractivity contribution in [2.24, 2.45) is 0 Å². The highest BCUT2D eigenvalue weighted by atomic mass is 35.5. The number of carbonyl (C=O) groups excluding carboxylic acids is 1. The first-order valence-corrected chi connectivity index (χ1v) is 6.79. The van der Waals surface area contributed by atoms with E-state index in [2.05, 4.69) is 0 Å². The fourth-order valence-electron chi connectivity index (χ4n) is 1.49. The van der Waals surface area contributed by atoms with Gasteiger partial charge in [-0.05, 0) is 12.1 Å². The summed E-state index contributed by atoms with van der Waals surface area (Å²) in [6.07, 6.45) is 0. The van der Waals surface area contributed by atoms with E-state index in [0.717, 1.165) is 0 Å². The number of halogens is 2. The minimum absolute atomic E-state index is 0.109. The lowest BCUT2D eigenvalue weighted by Crippen LogP contribution is -2.39. The molecule has 1 rings (SSSR count). The number of ether oxygens (including phenoxy) is 2. The van der Waals surface area contributed by atoms with Crippen LogP contribution < -0.4 is 4.74 Å². The Balaban J connectivity index is 2.52. The zero-order valence-electron chi connectivity index (χ0n) is 11.1. The summed E-state index contributed by atoms with van der Waals surface area (Å²) < 4.78 is 10.3. The van der Waals surface area contributed by atoms with Crippen molar-refractivity contribution in [2.45, 2.75) is 0 Å². The first-order chi connectivity index (χ1) is 9.58. The molecule has 1 aromatic rings. The van der Waals surface area contributed by atoms with Gasteiger partial charge in [-0.1, -0.05) is 23.2 Å². The van der Waals surface area contributed by atoms with Crippen molar-refractivity contribution < 1.29 is 19.4 Å². The maximum absolute atomic E-state index is 11.9. The van der Waals surface area contributed by atoms with Crippen LogP contribution in [0.15, 0.2) is 18.2 Å². The monoisotopic (exact) mass is 321 g/mol. The highest BCUT2D eigenvalue weighted by Crippen LogP contribution is 2.26. The molecule has 0 spiro atoms. The number of rotatable bonds is 8. The third-order valence-corrected chi connectivity index (χ3v) is 3.28. The van der Waals surface area contributed by atoms with Crippen molar-refractivity contribution in [3.05, 3.63) is 28.2 Å². The van der Waals surface area contributed by atoms with Crippen LogP contribution in [0, 0.1) is 0 Å². The zero-order valence-corrected chi connectivity index (χ0v) is 12.7. The molecule has 1 N–H and O–H groups in total. The van der Waals surface area contributed by atoms with E-state index < -0.39 is 0 Å². The molecule has 0 aromatic heterocycles. The number of hydrogen-bond donors (Lipinski definition) is 1. The van der Waals surface area contributed by atoms with Crippen LogP contribution in [-0.2, 0) is 9.53 Å². The standard InChI is InChI=1S/C13H17Cl2NO4/c1-19-7-5-16(4-6-17)13(18)9-20-10-2-3-11(14)12(15)8-10/h2-3,8,17H,4-7,9H2,1H3. The van der Waals surface area contributed by atoms with Gasteiger partial charge in [0.2, 0.25) is 0 Å². The smallest absolute Gasteiger partial charge is 0.260 e. The van der Waals surface area contributed by atoms with Crippen molar-refractivity contribution in [1.82, 2.24) is 4.90 Å². The molecule has 0 saturated heterocycles. The van der Waals surface area contributed by atoms with E-state index in [1.54, 1.807) is 25.3 Å². The number of methoxy groups -OCH3 is 1. The Morgan fingerprint density at radius 3 is 2.65 bits per heavy atom. The van der Waals surface area contributed by atoms with Crippen LogP contribution in [0.5, 0.6) is 5.75 Å². The highest BCUT2D eigenvalue weighted by molar-refractivity contribution is 6.42. The van der Waals surface area contributed by atoms with Crippen molar-refractivity contribution in [3.8, 4) is 5.75 Å². The molecule has 0 aliphatic carbocycles. The Kier molecular flexibility index (Phi) is 7.69. The molecule has 1 amide bonds. The van der Waals surface area contributed by atoms with Gasteiger partial charge >= 0.3 is 0 Å². The van der Waals surface area contributed by atoms with Crippen molar-refractivity contribution >= 4 is 29.1 Å². The van der Waals surface area contributed by atoms with Gasteiger partial charge in [-0.15, -0.1) is 0 Å². The molecule has 1 aromatic carbocycles. The van der Waals surface area contributed by atoms with Gasteiger partial charge in [0.25, 0.3) is 5.91 Å². The summed E-state index contributed by atoms with van der Waals surface area (Å²) in [4.78, 5) is 13.4. The molecular weight excluding hydrogens is 305 g/mol. The first kappa shape index (κ1) is 17.0. The van der Waals surface area contributed by atoms with Crippen LogP contribution in [0.1, 0.15) is 0 Å². The van der Waals surface area contributed by atoms with Crippen molar-refractivity contribution in [3.63, 3.8) is 0 Å². The summed E-state index contributed by atoms with van der Waals surface area (Å²) in [6, 6.07) is 4.77. The summed E-state index contributed by atoms with van der Waals surface area (Å²) in [5.74, 6) is 0.227. The van der Waals surface area contributed by atoms with Crippen LogP contribution >= 0.6 is 23.2 Å². The Bertz CT molecular complexity index is 442. The van der Waals surface area contributed by atoms with E-state index in [-0.39, 0.29) is 25.7 Å². The summed E-state index contributed by atoms with van der Waals surface area (Å²) in [5, 5.41) is 9.72. The lowest BCUT2D eigenvalue weighted by Gasteiger charge is -2.21. The number of hydrogen-bond acceptors (Lipinski definition) is 4. The lowest BCUT2D eigenvalue weighted by molar-refractivity contribution is -0.134. The summed E-state index contributed by atoms with van der Waals surface area (Å²) in [7, 11) is 1.55. The maximum Gasteiger partial charge on any atom is 0.260 e. The van der Waals surface area contributed by atoms with Crippen LogP contribution in [-0.4, -0.2) is 55.9 Å². The number of amides is 1. The summed E-state index contributed by atoms with van der Waals surface area (Å²) >= 11 is 11.6. The van der Waals surface area contributed by atoms with Crippen LogP contribution in [0.4, 0.5) is 0 Å². The molecule has 0 heterocycles. The Morgan fingerprint density at radius 2 is 2.05 bits per heavy atom. The van der Waals surface area contributed by atoms with E-state index in [1.807, 2.05) is 0 Å². The second-order valence-corrected chi connectivity index (χ2v) is 4.78. The van der Waals surface area contributed by atoms with Gasteiger partial charge in [0.05, 0.1) is 23.3 Å². The van der Waals surface area contributed by atoms with E-state index in [1.165, 1.54) is 4.90 Å². The fourth-order valence-corrected chi connectivity index (χ4v) is 1.77. The minimum Gasteiger partial charge on any atom is -0.484 e. The first-order valence-electron chi connectivity index (χ1n) is 6.04. The Morgan fingerprint density at radius 1 is 1.30 bits per heavy atom. The van der Waals surface area contributed by atoms with Crippen molar-refractivity contribution in [1.29, 1.82) is 0 Å². The second-order valence-electron chi connectivity index (χ2n) is 3.96. The van der Waals surface area contributed by atoms with Gasteiger partial charge in [-0.2, -0.15) is 0 Å².